The third-order valence-corrected chi connectivity index (χ3v) is 2.69. The number of rotatable bonds is 1. The molecule has 4 N–H and O–H groups in total. The zero-order valence-electron chi connectivity index (χ0n) is 9.68. The first-order valence-corrected chi connectivity index (χ1v) is 5.48. The first kappa shape index (κ1) is 11.0. The maximum atomic E-state index is 5.70. The van der Waals surface area contributed by atoms with Gasteiger partial charge in [-0.15, -0.1) is 0 Å². The Morgan fingerprint density at radius 1 is 1.25 bits per heavy atom. The number of hydrogen-bond donors (Lipinski definition) is 2. The van der Waals surface area contributed by atoms with Crippen molar-refractivity contribution in [3.05, 3.63) is 12.1 Å². The average molecular weight is 222 g/mol. The third kappa shape index (κ3) is 2.19. The van der Waals surface area contributed by atoms with Crippen LogP contribution in [0.1, 0.15) is 13.8 Å². The number of hydrogen-bond acceptors (Lipinski definition) is 5. The molecule has 1 fully saturated rings. The highest BCUT2D eigenvalue weighted by molar-refractivity contribution is 5.62. The number of nitrogens with two attached hydrogens (primary N) is 2. The average Bonchev–Trinajstić information content (AvgIpc) is 2.20. The van der Waals surface area contributed by atoms with E-state index in [1.165, 1.54) is 0 Å². The van der Waals surface area contributed by atoms with E-state index >= 15 is 0 Å². The zero-order chi connectivity index (χ0) is 11.7. The fraction of sp³-hybridized carbons (Fsp3) is 0.545. The number of aromatic nitrogens is 1. The molecule has 88 valence electrons. The van der Waals surface area contributed by atoms with E-state index in [-0.39, 0.29) is 12.2 Å². The maximum Gasteiger partial charge on any atom is 0.149 e. The standard InChI is InChI=1S/C11H18N4O/c1-7-5-15(6-8(2)16-7)10-4-3-9(12)11(13)14-10/h3-4,7-8H,5-6,12H2,1-2H3,(H2,13,14). The summed E-state index contributed by atoms with van der Waals surface area (Å²) in [5.41, 5.74) is 11.9. The van der Waals surface area contributed by atoms with Gasteiger partial charge in [-0.25, -0.2) is 4.98 Å². The summed E-state index contributed by atoms with van der Waals surface area (Å²) in [5, 5.41) is 0. The lowest BCUT2D eigenvalue weighted by molar-refractivity contribution is -0.00544. The second-order valence-electron chi connectivity index (χ2n) is 4.31. The van der Waals surface area contributed by atoms with E-state index in [0.29, 0.717) is 11.5 Å². The Hall–Kier alpha value is -1.49. The van der Waals surface area contributed by atoms with Crippen molar-refractivity contribution >= 4 is 17.3 Å². The number of pyridine rings is 1. The van der Waals surface area contributed by atoms with Crippen LogP contribution in [0.3, 0.4) is 0 Å². The van der Waals surface area contributed by atoms with Crippen LogP contribution in [0.5, 0.6) is 0 Å². The molecule has 2 atom stereocenters. The van der Waals surface area contributed by atoms with E-state index in [9.17, 15) is 0 Å². The van der Waals surface area contributed by atoms with Gasteiger partial charge in [0.25, 0.3) is 0 Å². The SMILES string of the molecule is CC1CN(c2ccc(N)c(N)n2)CC(C)O1. The summed E-state index contributed by atoms with van der Waals surface area (Å²) < 4.78 is 5.67. The summed E-state index contributed by atoms with van der Waals surface area (Å²) in [6.45, 7) is 5.79. The van der Waals surface area contributed by atoms with Gasteiger partial charge in [0.2, 0.25) is 0 Å². The second kappa shape index (κ2) is 4.17. The number of nitrogen functional groups attached to an aromatic ring is 2. The summed E-state index contributed by atoms with van der Waals surface area (Å²) in [6.07, 6.45) is 0.425. The molecule has 0 bridgehead atoms. The molecule has 5 nitrogen and oxygen atoms in total. The molecular formula is C11H18N4O. The molecule has 2 rings (SSSR count). The maximum absolute atomic E-state index is 5.70. The Bertz CT molecular complexity index is 372. The van der Waals surface area contributed by atoms with Crippen molar-refractivity contribution in [1.29, 1.82) is 0 Å². The molecule has 16 heavy (non-hydrogen) atoms. The molecule has 0 radical (unpaired) electrons. The summed E-state index contributed by atoms with van der Waals surface area (Å²) in [4.78, 5) is 6.46. The van der Waals surface area contributed by atoms with Crippen molar-refractivity contribution in [2.45, 2.75) is 26.1 Å². The minimum atomic E-state index is 0.212. The number of anilines is 3. The van der Waals surface area contributed by atoms with E-state index < -0.39 is 0 Å². The summed E-state index contributed by atoms with van der Waals surface area (Å²) in [6, 6.07) is 3.69. The van der Waals surface area contributed by atoms with Gasteiger partial charge in [0.1, 0.15) is 11.6 Å². The summed E-state index contributed by atoms with van der Waals surface area (Å²) in [7, 11) is 0. The van der Waals surface area contributed by atoms with Crippen LogP contribution in [-0.4, -0.2) is 30.3 Å². The first-order valence-electron chi connectivity index (χ1n) is 5.48. The molecular weight excluding hydrogens is 204 g/mol. The first-order chi connectivity index (χ1) is 7.56. The van der Waals surface area contributed by atoms with Gasteiger partial charge < -0.3 is 21.1 Å². The van der Waals surface area contributed by atoms with Gasteiger partial charge in [-0.1, -0.05) is 0 Å². The predicted molar refractivity (Wildman–Crippen MR) is 65.3 cm³/mol. The molecule has 0 aliphatic carbocycles. The number of morpholine rings is 1. The quantitative estimate of drug-likeness (QED) is 0.737. The second-order valence-corrected chi connectivity index (χ2v) is 4.31. The lowest BCUT2D eigenvalue weighted by atomic mass is 10.2. The summed E-state index contributed by atoms with van der Waals surface area (Å²) >= 11 is 0. The smallest absolute Gasteiger partial charge is 0.149 e. The Kier molecular flexibility index (Phi) is 2.87. The molecule has 1 aliphatic rings. The van der Waals surface area contributed by atoms with E-state index in [0.717, 1.165) is 18.9 Å². The fourth-order valence-electron chi connectivity index (χ4n) is 2.02. The minimum absolute atomic E-state index is 0.212. The highest BCUT2D eigenvalue weighted by atomic mass is 16.5. The van der Waals surface area contributed by atoms with Gasteiger partial charge >= 0.3 is 0 Å². The fourth-order valence-corrected chi connectivity index (χ4v) is 2.02. The molecule has 5 heteroatoms. The molecule has 0 aromatic carbocycles. The molecule has 1 saturated heterocycles. The Morgan fingerprint density at radius 2 is 1.88 bits per heavy atom. The normalized spacial score (nSPS) is 25.8. The molecule has 1 aliphatic heterocycles. The van der Waals surface area contributed by atoms with Crippen molar-refractivity contribution < 1.29 is 4.74 Å². The monoisotopic (exact) mass is 222 g/mol. The van der Waals surface area contributed by atoms with Crippen LogP contribution in [0.25, 0.3) is 0 Å². The van der Waals surface area contributed by atoms with Crippen LogP contribution in [0.2, 0.25) is 0 Å². The van der Waals surface area contributed by atoms with E-state index in [1.54, 1.807) is 6.07 Å². The van der Waals surface area contributed by atoms with Crippen LogP contribution in [0.15, 0.2) is 12.1 Å². The van der Waals surface area contributed by atoms with Crippen LogP contribution in [0, 0.1) is 0 Å². The highest BCUT2D eigenvalue weighted by Crippen LogP contribution is 2.21. The molecule has 2 unspecified atom stereocenters. The topological polar surface area (TPSA) is 77.4 Å². The van der Waals surface area contributed by atoms with E-state index in [2.05, 4.69) is 23.7 Å². The van der Waals surface area contributed by atoms with Crippen molar-refractivity contribution in [1.82, 2.24) is 4.98 Å². The van der Waals surface area contributed by atoms with Gasteiger partial charge in [0, 0.05) is 13.1 Å². The molecule has 0 saturated carbocycles. The van der Waals surface area contributed by atoms with Crippen molar-refractivity contribution in [3.8, 4) is 0 Å². The van der Waals surface area contributed by atoms with Gasteiger partial charge in [0.15, 0.2) is 0 Å². The molecule has 0 amide bonds. The van der Waals surface area contributed by atoms with Crippen LogP contribution in [-0.2, 0) is 4.74 Å². The van der Waals surface area contributed by atoms with Crippen molar-refractivity contribution in [2.75, 3.05) is 29.5 Å². The molecule has 2 heterocycles. The van der Waals surface area contributed by atoms with Gasteiger partial charge in [-0.2, -0.15) is 0 Å². The van der Waals surface area contributed by atoms with Crippen LogP contribution >= 0.6 is 0 Å². The minimum Gasteiger partial charge on any atom is -0.396 e. The van der Waals surface area contributed by atoms with Crippen LogP contribution in [0.4, 0.5) is 17.3 Å². The lowest BCUT2D eigenvalue weighted by Crippen LogP contribution is -2.45. The summed E-state index contributed by atoms with van der Waals surface area (Å²) in [5.74, 6) is 1.26. The molecule has 1 aromatic heterocycles. The molecule has 1 aromatic rings. The lowest BCUT2D eigenvalue weighted by Gasteiger charge is -2.36. The van der Waals surface area contributed by atoms with E-state index in [4.69, 9.17) is 16.2 Å². The Balaban J connectivity index is 2.19. The van der Waals surface area contributed by atoms with Crippen LogP contribution < -0.4 is 16.4 Å². The zero-order valence-corrected chi connectivity index (χ0v) is 9.68. The van der Waals surface area contributed by atoms with Crippen molar-refractivity contribution in [3.63, 3.8) is 0 Å². The Morgan fingerprint density at radius 3 is 2.44 bits per heavy atom. The van der Waals surface area contributed by atoms with Gasteiger partial charge in [0.05, 0.1) is 17.9 Å². The predicted octanol–water partition coefficient (Wildman–Crippen LogP) is 0.860. The third-order valence-electron chi connectivity index (χ3n) is 2.69. The number of ether oxygens (including phenoxy) is 1. The molecule has 0 spiro atoms. The Labute approximate surface area is 95.4 Å². The van der Waals surface area contributed by atoms with E-state index in [1.807, 2.05) is 6.07 Å². The highest BCUT2D eigenvalue weighted by Gasteiger charge is 2.23. The van der Waals surface area contributed by atoms with Gasteiger partial charge in [-0.05, 0) is 26.0 Å². The van der Waals surface area contributed by atoms with Crippen molar-refractivity contribution in [2.24, 2.45) is 0 Å². The number of nitrogens with zero attached hydrogens (tertiary/aromatic N) is 2. The largest absolute Gasteiger partial charge is 0.396 e. The van der Waals surface area contributed by atoms with Gasteiger partial charge in [-0.3, -0.25) is 0 Å².